The molecule has 0 aliphatic heterocycles. The molecule has 0 fully saturated rings. The van der Waals surface area contributed by atoms with Crippen LogP contribution in [0.25, 0.3) is 0 Å². The minimum Gasteiger partial charge on any atom is -0.492 e. The fraction of sp³-hybridized carbons (Fsp3) is 0.143. The van der Waals surface area contributed by atoms with Gasteiger partial charge in [0, 0.05) is 11.9 Å². The second kappa shape index (κ2) is 8.16. The zero-order chi connectivity index (χ0) is 18.4. The average molecular weight is 347 g/mol. The number of hydrogen-bond acceptors (Lipinski definition) is 4. The van der Waals surface area contributed by atoms with Crippen molar-refractivity contribution in [2.24, 2.45) is 0 Å². The van der Waals surface area contributed by atoms with Crippen LogP contribution in [0, 0.1) is 6.92 Å². The van der Waals surface area contributed by atoms with Crippen molar-refractivity contribution in [1.29, 1.82) is 0 Å². The van der Waals surface area contributed by atoms with E-state index in [1.54, 1.807) is 18.5 Å². The number of para-hydroxylation sites is 2. The zero-order valence-corrected chi connectivity index (χ0v) is 14.8. The molecule has 0 aliphatic carbocycles. The highest BCUT2D eigenvalue weighted by Gasteiger charge is 2.09. The van der Waals surface area contributed by atoms with E-state index in [-0.39, 0.29) is 5.91 Å². The third kappa shape index (κ3) is 4.39. The lowest BCUT2D eigenvalue weighted by Gasteiger charge is -2.12. The van der Waals surface area contributed by atoms with Gasteiger partial charge in [-0.25, -0.2) is 0 Å². The normalized spacial score (nSPS) is 10.2. The molecule has 1 amide bonds. The van der Waals surface area contributed by atoms with Crippen LogP contribution >= 0.6 is 0 Å². The second-order valence-corrected chi connectivity index (χ2v) is 5.84. The molecular formula is C21H21N3O2. The van der Waals surface area contributed by atoms with E-state index in [4.69, 9.17) is 4.74 Å². The Hall–Kier alpha value is -3.34. The van der Waals surface area contributed by atoms with E-state index in [0.29, 0.717) is 17.9 Å². The van der Waals surface area contributed by atoms with Crippen molar-refractivity contribution in [3.05, 3.63) is 78.1 Å². The molecule has 0 bridgehead atoms. The first-order valence-corrected chi connectivity index (χ1v) is 8.47. The number of pyridine rings is 1. The number of nitrogens with zero attached hydrogens (tertiary/aromatic N) is 1. The summed E-state index contributed by atoms with van der Waals surface area (Å²) in [5.41, 5.74) is 3.87. The molecule has 2 N–H and O–H groups in total. The van der Waals surface area contributed by atoms with Crippen molar-refractivity contribution < 1.29 is 9.53 Å². The standard InChI is InChI=1S/C21H21N3O2/c1-3-26-20-10-5-4-9-19(20)23-18-12-16(13-22-14-18)21(25)24-17-8-6-7-15(2)11-17/h4-14,23H,3H2,1-2H3,(H,24,25). The molecule has 132 valence electrons. The van der Waals surface area contributed by atoms with Crippen LogP contribution in [0.4, 0.5) is 17.1 Å². The van der Waals surface area contributed by atoms with E-state index >= 15 is 0 Å². The fourth-order valence-corrected chi connectivity index (χ4v) is 2.57. The van der Waals surface area contributed by atoms with Gasteiger partial charge >= 0.3 is 0 Å². The van der Waals surface area contributed by atoms with Gasteiger partial charge in [-0.1, -0.05) is 24.3 Å². The number of rotatable bonds is 6. The van der Waals surface area contributed by atoms with Crippen LogP contribution in [0.3, 0.4) is 0 Å². The monoisotopic (exact) mass is 347 g/mol. The Kier molecular flexibility index (Phi) is 5.49. The Labute approximate surface area is 153 Å². The fourth-order valence-electron chi connectivity index (χ4n) is 2.57. The van der Waals surface area contributed by atoms with Crippen LogP contribution in [0.2, 0.25) is 0 Å². The molecule has 0 unspecified atom stereocenters. The molecule has 0 spiro atoms. The number of benzene rings is 2. The largest absolute Gasteiger partial charge is 0.492 e. The molecule has 0 aliphatic rings. The number of carbonyl (C=O) groups is 1. The average Bonchev–Trinajstić information content (AvgIpc) is 2.64. The minimum absolute atomic E-state index is 0.204. The minimum atomic E-state index is -0.204. The van der Waals surface area contributed by atoms with Gasteiger partial charge in [0.05, 0.1) is 29.7 Å². The Morgan fingerprint density at radius 3 is 2.69 bits per heavy atom. The molecule has 26 heavy (non-hydrogen) atoms. The van der Waals surface area contributed by atoms with Crippen molar-refractivity contribution in [3.8, 4) is 5.75 Å². The van der Waals surface area contributed by atoms with E-state index in [2.05, 4.69) is 15.6 Å². The third-order valence-electron chi connectivity index (χ3n) is 3.74. The highest BCUT2D eigenvalue weighted by molar-refractivity contribution is 6.04. The van der Waals surface area contributed by atoms with Gasteiger partial charge in [0.25, 0.3) is 5.91 Å². The summed E-state index contributed by atoms with van der Waals surface area (Å²) in [5, 5.41) is 6.15. The van der Waals surface area contributed by atoms with Crippen molar-refractivity contribution in [2.45, 2.75) is 13.8 Å². The van der Waals surface area contributed by atoms with E-state index in [1.165, 1.54) is 0 Å². The molecule has 0 saturated heterocycles. The first-order valence-electron chi connectivity index (χ1n) is 8.47. The molecule has 2 aromatic carbocycles. The number of nitrogens with one attached hydrogen (secondary N) is 2. The summed E-state index contributed by atoms with van der Waals surface area (Å²) in [6, 6.07) is 17.1. The Morgan fingerprint density at radius 2 is 1.88 bits per heavy atom. The van der Waals surface area contributed by atoms with E-state index in [0.717, 1.165) is 22.7 Å². The molecule has 0 radical (unpaired) electrons. The molecule has 1 heterocycles. The van der Waals surface area contributed by atoms with Crippen LogP contribution in [0.1, 0.15) is 22.8 Å². The van der Waals surface area contributed by atoms with Gasteiger partial charge in [-0.3, -0.25) is 9.78 Å². The molecule has 3 rings (SSSR count). The maximum absolute atomic E-state index is 12.5. The predicted molar refractivity (Wildman–Crippen MR) is 104 cm³/mol. The topological polar surface area (TPSA) is 63.2 Å². The summed E-state index contributed by atoms with van der Waals surface area (Å²) in [7, 11) is 0. The quantitative estimate of drug-likeness (QED) is 0.673. The highest BCUT2D eigenvalue weighted by Crippen LogP contribution is 2.27. The highest BCUT2D eigenvalue weighted by atomic mass is 16.5. The SMILES string of the molecule is CCOc1ccccc1Nc1cncc(C(=O)Nc2cccc(C)c2)c1. The van der Waals surface area contributed by atoms with Gasteiger partial charge in [0.1, 0.15) is 5.75 Å². The molecular weight excluding hydrogens is 326 g/mol. The van der Waals surface area contributed by atoms with Gasteiger partial charge in [0.15, 0.2) is 0 Å². The smallest absolute Gasteiger partial charge is 0.257 e. The summed E-state index contributed by atoms with van der Waals surface area (Å²) in [5.74, 6) is 0.550. The van der Waals surface area contributed by atoms with Gasteiger partial charge in [0.2, 0.25) is 0 Å². The Morgan fingerprint density at radius 1 is 1.04 bits per heavy atom. The van der Waals surface area contributed by atoms with Crippen molar-refractivity contribution in [2.75, 3.05) is 17.2 Å². The van der Waals surface area contributed by atoms with E-state index in [9.17, 15) is 4.79 Å². The van der Waals surface area contributed by atoms with Crippen LogP contribution < -0.4 is 15.4 Å². The van der Waals surface area contributed by atoms with Crippen molar-refractivity contribution >= 4 is 23.0 Å². The molecule has 5 heteroatoms. The van der Waals surface area contributed by atoms with Gasteiger partial charge in [-0.15, -0.1) is 0 Å². The summed E-state index contributed by atoms with van der Waals surface area (Å²) in [6.45, 7) is 4.50. The number of carbonyl (C=O) groups excluding carboxylic acids is 1. The van der Waals surface area contributed by atoms with Crippen LogP contribution in [-0.2, 0) is 0 Å². The first-order chi connectivity index (χ1) is 12.7. The molecule has 1 aromatic heterocycles. The van der Waals surface area contributed by atoms with Crippen LogP contribution in [0.15, 0.2) is 67.0 Å². The van der Waals surface area contributed by atoms with Crippen molar-refractivity contribution in [1.82, 2.24) is 4.98 Å². The molecule has 3 aromatic rings. The maximum Gasteiger partial charge on any atom is 0.257 e. The third-order valence-corrected chi connectivity index (χ3v) is 3.74. The maximum atomic E-state index is 12.5. The zero-order valence-electron chi connectivity index (χ0n) is 14.8. The Balaban J connectivity index is 1.77. The molecule has 5 nitrogen and oxygen atoms in total. The van der Waals surface area contributed by atoms with E-state index in [1.807, 2.05) is 62.4 Å². The van der Waals surface area contributed by atoms with Gasteiger partial charge in [-0.2, -0.15) is 0 Å². The number of amides is 1. The lowest BCUT2D eigenvalue weighted by atomic mass is 10.2. The second-order valence-electron chi connectivity index (χ2n) is 5.84. The van der Waals surface area contributed by atoms with Crippen LogP contribution in [0.5, 0.6) is 5.75 Å². The number of anilines is 3. The first kappa shape index (κ1) is 17.5. The van der Waals surface area contributed by atoms with E-state index < -0.39 is 0 Å². The molecule has 0 atom stereocenters. The Bertz CT molecular complexity index is 909. The number of ether oxygens (including phenoxy) is 1. The predicted octanol–water partition coefficient (Wildman–Crippen LogP) is 4.78. The van der Waals surface area contributed by atoms with Gasteiger partial charge < -0.3 is 15.4 Å². The summed E-state index contributed by atoms with van der Waals surface area (Å²) < 4.78 is 5.61. The lowest BCUT2D eigenvalue weighted by molar-refractivity contribution is 0.102. The summed E-state index contributed by atoms with van der Waals surface area (Å²) in [6.07, 6.45) is 3.22. The number of aryl methyl sites for hydroxylation is 1. The van der Waals surface area contributed by atoms with Crippen LogP contribution in [-0.4, -0.2) is 17.5 Å². The number of aromatic nitrogens is 1. The van der Waals surface area contributed by atoms with Crippen molar-refractivity contribution in [3.63, 3.8) is 0 Å². The lowest BCUT2D eigenvalue weighted by Crippen LogP contribution is -2.12. The summed E-state index contributed by atoms with van der Waals surface area (Å²) >= 11 is 0. The van der Waals surface area contributed by atoms with Gasteiger partial charge in [-0.05, 0) is 49.7 Å². The molecule has 0 saturated carbocycles. The number of hydrogen-bond donors (Lipinski definition) is 2. The summed E-state index contributed by atoms with van der Waals surface area (Å²) in [4.78, 5) is 16.7.